The van der Waals surface area contributed by atoms with Crippen molar-refractivity contribution in [3.63, 3.8) is 0 Å². The number of methoxy groups -OCH3 is 1. The molecule has 0 spiro atoms. The first kappa shape index (κ1) is 18.6. The van der Waals surface area contributed by atoms with Crippen LogP contribution in [0.15, 0.2) is 22.7 Å². The van der Waals surface area contributed by atoms with E-state index in [1.807, 2.05) is 0 Å². The Labute approximate surface area is 138 Å². The smallest absolute Gasteiger partial charge is 0.0589 e. The summed E-state index contributed by atoms with van der Waals surface area (Å²) in [7, 11) is 1.75. The number of nitrogens with zero attached hydrogens (tertiary/aromatic N) is 1. The van der Waals surface area contributed by atoms with Gasteiger partial charge in [-0.05, 0) is 44.5 Å². The standard InChI is InChI=1S/C17H29BrN2O/c1-6-20(9-10-21-5)13-15-8-7-14(11-16(15)18)12-19-17(2,3)4/h7-8,11,19H,6,9-10,12-13H2,1-5H3. The quantitative estimate of drug-likeness (QED) is 0.766. The molecule has 1 rings (SSSR count). The summed E-state index contributed by atoms with van der Waals surface area (Å²) in [6.45, 7) is 13.4. The van der Waals surface area contributed by atoms with E-state index in [1.54, 1.807) is 7.11 Å². The van der Waals surface area contributed by atoms with E-state index in [1.165, 1.54) is 15.6 Å². The van der Waals surface area contributed by atoms with Gasteiger partial charge in [0.2, 0.25) is 0 Å². The SMILES string of the molecule is CCN(CCOC)Cc1ccc(CNC(C)(C)C)cc1Br. The number of likely N-dealkylation sites (N-methyl/N-ethyl adjacent to an activating group) is 1. The average molecular weight is 357 g/mol. The molecular formula is C17H29BrN2O. The molecule has 120 valence electrons. The first-order valence-corrected chi connectivity index (χ1v) is 8.38. The van der Waals surface area contributed by atoms with Crippen molar-refractivity contribution in [2.45, 2.75) is 46.3 Å². The molecule has 0 amide bonds. The zero-order chi connectivity index (χ0) is 15.9. The Kier molecular flexibility index (Phi) is 7.88. The van der Waals surface area contributed by atoms with Gasteiger partial charge < -0.3 is 10.1 Å². The highest BCUT2D eigenvalue weighted by Crippen LogP contribution is 2.20. The molecule has 0 aliphatic rings. The number of hydrogen-bond donors (Lipinski definition) is 1. The monoisotopic (exact) mass is 356 g/mol. The van der Waals surface area contributed by atoms with Crippen LogP contribution in [0.1, 0.15) is 38.8 Å². The summed E-state index contributed by atoms with van der Waals surface area (Å²) in [6, 6.07) is 6.65. The third-order valence-electron chi connectivity index (χ3n) is 3.39. The largest absolute Gasteiger partial charge is 0.383 e. The van der Waals surface area contributed by atoms with Crippen molar-refractivity contribution in [3.05, 3.63) is 33.8 Å². The van der Waals surface area contributed by atoms with Gasteiger partial charge >= 0.3 is 0 Å². The van der Waals surface area contributed by atoms with Crippen molar-refractivity contribution in [2.75, 3.05) is 26.8 Å². The normalized spacial score (nSPS) is 12.1. The average Bonchev–Trinajstić information content (AvgIpc) is 2.42. The maximum atomic E-state index is 5.16. The Balaban J connectivity index is 2.64. The van der Waals surface area contributed by atoms with Crippen LogP contribution in [0.5, 0.6) is 0 Å². The van der Waals surface area contributed by atoms with Gasteiger partial charge in [0.25, 0.3) is 0 Å². The van der Waals surface area contributed by atoms with Crippen LogP contribution >= 0.6 is 15.9 Å². The molecule has 0 bridgehead atoms. The lowest BCUT2D eigenvalue weighted by Gasteiger charge is -2.22. The molecule has 1 N–H and O–H groups in total. The second kappa shape index (κ2) is 8.89. The molecule has 21 heavy (non-hydrogen) atoms. The summed E-state index contributed by atoms with van der Waals surface area (Å²) >= 11 is 3.71. The van der Waals surface area contributed by atoms with Crippen LogP contribution in [0.4, 0.5) is 0 Å². The molecule has 0 unspecified atom stereocenters. The van der Waals surface area contributed by atoms with E-state index in [9.17, 15) is 0 Å². The molecule has 0 aliphatic heterocycles. The second-order valence-corrected chi connectivity index (χ2v) is 7.25. The fraction of sp³-hybridized carbons (Fsp3) is 0.647. The summed E-state index contributed by atoms with van der Waals surface area (Å²) in [5.74, 6) is 0. The van der Waals surface area contributed by atoms with Crippen LogP contribution in [0.3, 0.4) is 0 Å². The molecule has 0 aliphatic carbocycles. The fourth-order valence-corrected chi connectivity index (χ4v) is 2.56. The molecule has 1 aromatic carbocycles. The van der Waals surface area contributed by atoms with Crippen molar-refractivity contribution < 1.29 is 4.74 Å². The summed E-state index contributed by atoms with van der Waals surface area (Å²) < 4.78 is 6.35. The lowest BCUT2D eigenvalue weighted by atomic mass is 10.1. The van der Waals surface area contributed by atoms with Crippen LogP contribution in [0.25, 0.3) is 0 Å². The second-order valence-electron chi connectivity index (χ2n) is 6.39. The maximum Gasteiger partial charge on any atom is 0.0589 e. The maximum absolute atomic E-state index is 5.16. The lowest BCUT2D eigenvalue weighted by molar-refractivity contribution is 0.147. The van der Waals surface area contributed by atoms with Crippen LogP contribution in [-0.4, -0.2) is 37.2 Å². The molecule has 0 saturated carbocycles. The molecular weight excluding hydrogens is 328 g/mol. The molecule has 0 atom stereocenters. The number of benzene rings is 1. The minimum atomic E-state index is 0.143. The number of nitrogens with one attached hydrogen (secondary N) is 1. The van der Waals surface area contributed by atoms with Crippen LogP contribution in [0.2, 0.25) is 0 Å². The molecule has 0 heterocycles. The van der Waals surface area contributed by atoms with Crippen LogP contribution < -0.4 is 5.32 Å². The van der Waals surface area contributed by atoms with Gasteiger partial charge in [0, 0.05) is 36.8 Å². The van der Waals surface area contributed by atoms with Gasteiger partial charge in [0.1, 0.15) is 0 Å². The van der Waals surface area contributed by atoms with Gasteiger partial charge in [0.05, 0.1) is 6.61 Å². The summed E-state index contributed by atoms with van der Waals surface area (Å²) in [5.41, 5.74) is 2.78. The van der Waals surface area contributed by atoms with E-state index in [0.717, 1.165) is 32.8 Å². The molecule has 1 aromatic rings. The predicted octanol–water partition coefficient (Wildman–Crippen LogP) is 3.81. The van der Waals surface area contributed by atoms with Crippen LogP contribution in [0, 0.1) is 0 Å². The number of rotatable bonds is 8. The minimum Gasteiger partial charge on any atom is -0.383 e. The number of hydrogen-bond acceptors (Lipinski definition) is 3. The van der Waals surface area contributed by atoms with Crippen molar-refractivity contribution in [1.29, 1.82) is 0 Å². The molecule has 4 heteroatoms. The first-order valence-electron chi connectivity index (χ1n) is 7.59. The highest BCUT2D eigenvalue weighted by atomic mass is 79.9. The van der Waals surface area contributed by atoms with Crippen molar-refractivity contribution in [1.82, 2.24) is 10.2 Å². The van der Waals surface area contributed by atoms with Crippen molar-refractivity contribution in [2.24, 2.45) is 0 Å². The highest BCUT2D eigenvalue weighted by Gasteiger charge is 2.10. The van der Waals surface area contributed by atoms with Gasteiger partial charge in [-0.25, -0.2) is 0 Å². The summed E-state index contributed by atoms with van der Waals surface area (Å²) in [6.07, 6.45) is 0. The Morgan fingerprint density at radius 1 is 1.29 bits per heavy atom. The Morgan fingerprint density at radius 3 is 2.52 bits per heavy atom. The molecule has 0 aromatic heterocycles. The van der Waals surface area contributed by atoms with E-state index in [-0.39, 0.29) is 5.54 Å². The Hall–Kier alpha value is -0.420. The third-order valence-corrected chi connectivity index (χ3v) is 4.13. The van der Waals surface area contributed by atoms with Gasteiger partial charge in [-0.1, -0.05) is 35.0 Å². The number of ether oxygens (including phenoxy) is 1. The highest BCUT2D eigenvalue weighted by molar-refractivity contribution is 9.10. The van der Waals surface area contributed by atoms with Crippen molar-refractivity contribution in [3.8, 4) is 0 Å². The van der Waals surface area contributed by atoms with Crippen molar-refractivity contribution >= 4 is 15.9 Å². The number of halogens is 1. The zero-order valence-corrected chi connectivity index (χ0v) is 15.6. The van der Waals surface area contributed by atoms with Gasteiger partial charge in [-0.3, -0.25) is 4.90 Å². The molecule has 0 fully saturated rings. The van der Waals surface area contributed by atoms with Gasteiger partial charge in [0.15, 0.2) is 0 Å². The first-order chi connectivity index (χ1) is 9.85. The molecule has 3 nitrogen and oxygen atoms in total. The van der Waals surface area contributed by atoms with E-state index in [0.29, 0.717) is 0 Å². The lowest BCUT2D eigenvalue weighted by Crippen LogP contribution is -2.35. The van der Waals surface area contributed by atoms with E-state index in [4.69, 9.17) is 4.74 Å². The van der Waals surface area contributed by atoms with Gasteiger partial charge in [-0.15, -0.1) is 0 Å². The van der Waals surface area contributed by atoms with E-state index >= 15 is 0 Å². The fourth-order valence-electron chi connectivity index (χ4n) is 2.01. The van der Waals surface area contributed by atoms with E-state index < -0.39 is 0 Å². The van der Waals surface area contributed by atoms with Crippen LogP contribution in [-0.2, 0) is 17.8 Å². The molecule has 0 saturated heterocycles. The zero-order valence-electron chi connectivity index (χ0n) is 14.0. The Morgan fingerprint density at radius 2 is 2.00 bits per heavy atom. The van der Waals surface area contributed by atoms with E-state index in [2.05, 4.69) is 72.0 Å². The Bertz CT molecular complexity index is 429. The molecule has 0 radical (unpaired) electrons. The predicted molar refractivity (Wildman–Crippen MR) is 93.6 cm³/mol. The summed E-state index contributed by atoms with van der Waals surface area (Å²) in [5, 5.41) is 3.52. The minimum absolute atomic E-state index is 0.143. The third kappa shape index (κ3) is 7.41. The van der Waals surface area contributed by atoms with Gasteiger partial charge in [-0.2, -0.15) is 0 Å². The summed E-state index contributed by atoms with van der Waals surface area (Å²) in [4.78, 5) is 2.39. The topological polar surface area (TPSA) is 24.5 Å².